The molecule has 24 heavy (non-hydrogen) atoms. The van der Waals surface area contributed by atoms with E-state index < -0.39 is 27.6 Å². The first-order valence-electron chi connectivity index (χ1n) is 7.02. The number of anilines is 1. The van der Waals surface area contributed by atoms with E-state index in [0.29, 0.717) is 10.9 Å². The Morgan fingerprint density at radius 3 is 2.92 bits per heavy atom. The van der Waals surface area contributed by atoms with Gasteiger partial charge in [-0.05, 0) is 18.2 Å². The van der Waals surface area contributed by atoms with E-state index in [1.165, 1.54) is 31.0 Å². The summed E-state index contributed by atoms with van der Waals surface area (Å²) in [6, 6.07) is 3.79. The fraction of sp³-hybridized carbons (Fsp3) is 0.429. The second-order valence-electron chi connectivity index (χ2n) is 5.49. The highest BCUT2D eigenvalue weighted by atomic mass is 35.5. The Morgan fingerprint density at radius 2 is 2.25 bits per heavy atom. The van der Waals surface area contributed by atoms with Crippen molar-refractivity contribution in [2.45, 2.75) is 11.3 Å². The second-order valence-corrected chi connectivity index (χ2v) is 9.26. The van der Waals surface area contributed by atoms with Gasteiger partial charge in [0.25, 0.3) is 5.91 Å². The van der Waals surface area contributed by atoms with E-state index in [-0.39, 0.29) is 28.4 Å². The molecule has 2 atom stereocenters. The van der Waals surface area contributed by atoms with Crippen molar-refractivity contribution in [2.75, 3.05) is 30.1 Å². The smallest absolute Gasteiger partial charge is 0.274 e. The standard InChI is InChI=1S/C14H14ClFN2O4S2/c1-22-5-13(19)17-14-18(8-2-3-9(15)10(16)4-8)11-6-24(20,21)7-12(11)23-14/h2-4,11-12H,5-7H2,1H3/t11-,12+/m1/s1. The molecule has 6 nitrogen and oxygen atoms in total. The number of amidine groups is 1. The number of carbonyl (C=O) groups is 1. The largest absolute Gasteiger partial charge is 0.375 e. The van der Waals surface area contributed by atoms with Gasteiger partial charge in [0.15, 0.2) is 15.0 Å². The van der Waals surface area contributed by atoms with Crippen LogP contribution in [-0.2, 0) is 19.4 Å². The van der Waals surface area contributed by atoms with Gasteiger partial charge in [0, 0.05) is 18.0 Å². The summed E-state index contributed by atoms with van der Waals surface area (Å²) in [6.45, 7) is -0.180. The van der Waals surface area contributed by atoms with Crippen LogP contribution in [0.4, 0.5) is 10.1 Å². The minimum atomic E-state index is -3.17. The molecule has 2 aliphatic heterocycles. The van der Waals surface area contributed by atoms with Gasteiger partial charge in [0.2, 0.25) is 0 Å². The van der Waals surface area contributed by atoms with Crippen LogP contribution in [0.15, 0.2) is 23.2 Å². The third kappa shape index (κ3) is 3.44. The fourth-order valence-corrected chi connectivity index (χ4v) is 6.81. The molecule has 2 heterocycles. The molecule has 2 saturated heterocycles. The molecular weight excluding hydrogens is 379 g/mol. The summed E-state index contributed by atoms with van der Waals surface area (Å²) in [6.07, 6.45) is 0. The zero-order valence-corrected chi connectivity index (χ0v) is 15.0. The van der Waals surface area contributed by atoms with Gasteiger partial charge in [-0.15, -0.1) is 0 Å². The molecule has 3 rings (SSSR count). The summed E-state index contributed by atoms with van der Waals surface area (Å²) in [5.74, 6) is -1.16. The van der Waals surface area contributed by atoms with Gasteiger partial charge < -0.3 is 9.64 Å². The van der Waals surface area contributed by atoms with Gasteiger partial charge in [-0.3, -0.25) is 4.79 Å². The predicted octanol–water partition coefficient (Wildman–Crippen LogP) is 1.73. The van der Waals surface area contributed by atoms with Crippen molar-refractivity contribution in [3.63, 3.8) is 0 Å². The minimum absolute atomic E-state index is 0.00634. The van der Waals surface area contributed by atoms with Crippen molar-refractivity contribution < 1.29 is 22.3 Å². The summed E-state index contributed by atoms with van der Waals surface area (Å²) in [5, 5.41) is 0.0710. The van der Waals surface area contributed by atoms with Crippen LogP contribution in [0.1, 0.15) is 0 Å². The van der Waals surface area contributed by atoms with E-state index >= 15 is 0 Å². The molecule has 10 heteroatoms. The van der Waals surface area contributed by atoms with E-state index in [0.717, 1.165) is 0 Å². The maximum absolute atomic E-state index is 13.8. The molecular formula is C14H14ClFN2O4S2. The lowest BCUT2D eigenvalue weighted by atomic mass is 10.2. The van der Waals surface area contributed by atoms with Gasteiger partial charge in [-0.1, -0.05) is 23.4 Å². The lowest BCUT2D eigenvalue weighted by Gasteiger charge is -2.24. The van der Waals surface area contributed by atoms with Crippen LogP contribution in [0.5, 0.6) is 0 Å². The monoisotopic (exact) mass is 392 g/mol. The number of benzene rings is 1. The molecule has 0 spiro atoms. The lowest BCUT2D eigenvalue weighted by Crippen LogP contribution is -2.37. The van der Waals surface area contributed by atoms with Crippen LogP contribution in [0, 0.1) is 5.82 Å². The number of ether oxygens (including phenoxy) is 1. The molecule has 0 radical (unpaired) electrons. The summed E-state index contributed by atoms with van der Waals surface area (Å²) < 4.78 is 42.4. The molecule has 1 aromatic carbocycles. The SMILES string of the molecule is COCC(=O)N=C1S[C@H]2CS(=O)(=O)C[C@H]2N1c1ccc(Cl)c(F)c1. The molecule has 2 aliphatic rings. The van der Waals surface area contributed by atoms with Crippen LogP contribution >= 0.6 is 23.4 Å². The first-order chi connectivity index (χ1) is 11.3. The highest BCUT2D eigenvalue weighted by molar-refractivity contribution is 8.16. The highest BCUT2D eigenvalue weighted by Gasteiger charge is 2.49. The lowest BCUT2D eigenvalue weighted by molar-refractivity contribution is -0.121. The highest BCUT2D eigenvalue weighted by Crippen LogP contribution is 2.41. The van der Waals surface area contributed by atoms with Crippen molar-refractivity contribution in [2.24, 2.45) is 4.99 Å². The quantitative estimate of drug-likeness (QED) is 0.779. The number of methoxy groups -OCH3 is 1. The van der Waals surface area contributed by atoms with E-state index in [1.54, 1.807) is 11.0 Å². The summed E-state index contributed by atoms with van der Waals surface area (Å²) >= 11 is 6.93. The molecule has 0 bridgehead atoms. The van der Waals surface area contributed by atoms with Crippen LogP contribution in [0.3, 0.4) is 0 Å². The van der Waals surface area contributed by atoms with Gasteiger partial charge in [0.05, 0.1) is 22.6 Å². The van der Waals surface area contributed by atoms with Gasteiger partial charge in [-0.2, -0.15) is 4.99 Å². The molecule has 0 saturated carbocycles. The predicted molar refractivity (Wildman–Crippen MR) is 92.0 cm³/mol. The molecule has 0 aliphatic carbocycles. The van der Waals surface area contributed by atoms with Gasteiger partial charge in [-0.25, -0.2) is 12.8 Å². The topological polar surface area (TPSA) is 76.0 Å². The number of hydrogen-bond donors (Lipinski definition) is 0. The number of aliphatic imine (C=N–C) groups is 1. The summed E-state index contributed by atoms with van der Waals surface area (Å²) in [4.78, 5) is 17.4. The summed E-state index contributed by atoms with van der Waals surface area (Å²) in [5.41, 5.74) is 0.415. The summed E-state index contributed by atoms with van der Waals surface area (Å²) in [7, 11) is -1.79. The number of thioether (sulfide) groups is 1. The van der Waals surface area contributed by atoms with Crippen LogP contribution < -0.4 is 4.90 Å². The Morgan fingerprint density at radius 1 is 1.50 bits per heavy atom. The number of hydrogen-bond acceptors (Lipinski definition) is 5. The number of sulfone groups is 1. The fourth-order valence-electron chi connectivity index (χ4n) is 2.76. The third-order valence-corrected chi connectivity index (χ3v) is 7.25. The van der Waals surface area contributed by atoms with E-state index in [2.05, 4.69) is 4.99 Å². The molecule has 0 aromatic heterocycles. The zero-order chi connectivity index (χ0) is 17.5. The van der Waals surface area contributed by atoms with E-state index in [9.17, 15) is 17.6 Å². The Labute approximate surface area is 147 Å². The molecule has 130 valence electrons. The molecule has 1 amide bonds. The van der Waals surface area contributed by atoms with Crippen molar-refractivity contribution in [1.82, 2.24) is 0 Å². The van der Waals surface area contributed by atoms with Crippen LogP contribution in [-0.4, -0.2) is 56.0 Å². The number of halogens is 2. The van der Waals surface area contributed by atoms with Crippen LogP contribution in [0.2, 0.25) is 5.02 Å². The Balaban J connectivity index is 2.01. The van der Waals surface area contributed by atoms with E-state index in [4.69, 9.17) is 16.3 Å². The first-order valence-corrected chi connectivity index (χ1v) is 10.1. The van der Waals surface area contributed by atoms with Crippen molar-refractivity contribution in [3.8, 4) is 0 Å². The number of nitrogens with zero attached hydrogens (tertiary/aromatic N) is 2. The Kier molecular flexibility index (Phi) is 4.87. The van der Waals surface area contributed by atoms with Crippen molar-refractivity contribution in [3.05, 3.63) is 29.0 Å². The average molecular weight is 393 g/mol. The maximum atomic E-state index is 13.8. The minimum Gasteiger partial charge on any atom is -0.375 e. The Bertz CT molecular complexity index is 815. The number of rotatable bonds is 3. The Hall–Kier alpha value is -1.16. The maximum Gasteiger partial charge on any atom is 0.274 e. The van der Waals surface area contributed by atoms with Gasteiger partial charge in [0.1, 0.15) is 12.4 Å². The molecule has 0 unspecified atom stereocenters. The molecule has 2 fully saturated rings. The first kappa shape index (κ1) is 17.7. The number of amides is 1. The zero-order valence-electron chi connectivity index (χ0n) is 12.6. The normalized spacial score (nSPS) is 26.8. The third-order valence-electron chi connectivity index (χ3n) is 3.74. The second kappa shape index (κ2) is 6.62. The van der Waals surface area contributed by atoms with Crippen molar-refractivity contribution in [1.29, 1.82) is 0 Å². The van der Waals surface area contributed by atoms with Crippen molar-refractivity contribution >= 4 is 50.0 Å². The van der Waals surface area contributed by atoms with E-state index in [1.807, 2.05) is 0 Å². The number of fused-ring (bicyclic) bond motifs is 1. The molecule has 1 aromatic rings. The number of carbonyl (C=O) groups excluding carboxylic acids is 1. The van der Waals surface area contributed by atoms with Gasteiger partial charge >= 0.3 is 0 Å². The molecule has 0 N–H and O–H groups in total. The average Bonchev–Trinajstić information content (AvgIpc) is 2.93. The van der Waals surface area contributed by atoms with Crippen LogP contribution in [0.25, 0.3) is 0 Å².